The predicted octanol–water partition coefficient (Wildman–Crippen LogP) is 5.76. The summed E-state index contributed by atoms with van der Waals surface area (Å²) >= 11 is 0. The number of fused-ring (bicyclic) bond motifs is 2. The fourth-order valence-electron chi connectivity index (χ4n) is 3.38. The van der Waals surface area contributed by atoms with E-state index in [2.05, 4.69) is 91.9 Å². The van der Waals surface area contributed by atoms with E-state index in [1.54, 1.807) is 0 Å². The zero-order chi connectivity index (χ0) is 18.1. The highest BCUT2D eigenvalue weighted by molar-refractivity contribution is 6.09. The molecule has 0 radical (unpaired) electrons. The lowest BCUT2D eigenvalue weighted by molar-refractivity contribution is 1.13. The molecule has 1 N–H and O–H groups in total. The van der Waals surface area contributed by atoms with Crippen LogP contribution in [0.4, 0.5) is 17.1 Å². The molecule has 0 aliphatic heterocycles. The smallest absolute Gasteiger partial charge is 0.0762 e. The molecule has 0 bridgehead atoms. The van der Waals surface area contributed by atoms with Gasteiger partial charge in [-0.2, -0.15) is 0 Å². The van der Waals surface area contributed by atoms with Crippen LogP contribution < -0.4 is 10.2 Å². The molecule has 0 atom stereocenters. The number of aromatic nitrogens is 1. The summed E-state index contributed by atoms with van der Waals surface area (Å²) in [5.74, 6) is 0. The van der Waals surface area contributed by atoms with Crippen LogP contribution in [-0.2, 0) is 6.42 Å². The molecule has 26 heavy (non-hydrogen) atoms. The normalized spacial score (nSPS) is 11.0. The average Bonchev–Trinajstić information content (AvgIpc) is 2.67. The zero-order valence-electron chi connectivity index (χ0n) is 15.5. The van der Waals surface area contributed by atoms with Crippen molar-refractivity contribution in [1.82, 2.24) is 4.98 Å². The Morgan fingerprint density at radius 2 is 1.58 bits per heavy atom. The Morgan fingerprint density at radius 1 is 0.846 bits per heavy atom. The molecule has 0 spiro atoms. The minimum atomic E-state index is 0.972. The van der Waals surface area contributed by atoms with E-state index in [0.717, 1.165) is 34.2 Å². The topological polar surface area (TPSA) is 28.2 Å². The highest BCUT2D eigenvalue weighted by atomic mass is 15.1. The molecule has 0 unspecified atom stereocenters. The third-order valence-corrected chi connectivity index (χ3v) is 4.83. The quantitative estimate of drug-likeness (QED) is 0.478. The number of pyridine rings is 1. The first-order valence-corrected chi connectivity index (χ1v) is 9.02. The summed E-state index contributed by atoms with van der Waals surface area (Å²) < 4.78 is 0. The van der Waals surface area contributed by atoms with Crippen molar-refractivity contribution in [3.8, 4) is 0 Å². The standard InChI is InChI=1S/C23H23N3/c1-4-16-8-7-10-20-22(16)25-21-11-6-5-9-19(21)23(20)24-17-12-14-18(15-13-17)26(2)3/h5-15H,4H2,1-3H3,(H,24,25). The van der Waals surface area contributed by atoms with Gasteiger partial charge in [0.2, 0.25) is 0 Å². The summed E-state index contributed by atoms with van der Waals surface area (Å²) in [6.45, 7) is 2.18. The van der Waals surface area contributed by atoms with Crippen LogP contribution in [0.25, 0.3) is 21.8 Å². The monoisotopic (exact) mass is 341 g/mol. The van der Waals surface area contributed by atoms with Crippen molar-refractivity contribution < 1.29 is 0 Å². The van der Waals surface area contributed by atoms with Crippen molar-refractivity contribution in [2.75, 3.05) is 24.3 Å². The van der Waals surface area contributed by atoms with Crippen LogP contribution in [0.1, 0.15) is 12.5 Å². The lowest BCUT2D eigenvalue weighted by Crippen LogP contribution is -2.08. The SMILES string of the molecule is CCc1cccc2c(Nc3ccc(N(C)C)cc3)c3ccccc3nc12. The van der Waals surface area contributed by atoms with Crippen molar-refractivity contribution in [3.63, 3.8) is 0 Å². The number of para-hydroxylation sites is 2. The van der Waals surface area contributed by atoms with E-state index in [9.17, 15) is 0 Å². The van der Waals surface area contributed by atoms with Gasteiger partial charge < -0.3 is 10.2 Å². The summed E-state index contributed by atoms with van der Waals surface area (Å²) in [6, 6.07) is 23.3. The number of aryl methyl sites for hydroxylation is 1. The van der Waals surface area contributed by atoms with E-state index in [-0.39, 0.29) is 0 Å². The number of benzene rings is 3. The maximum absolute atomic E-state index is 4.94. The van der Waals surface area contributed by atoms with Crippen LogP contribution in [0.15, 0.2) is 66.7 Å². The fraction of sp³-hybridized carbons (Fsp3) is 0.174. The molecule has 3 aromatic carbocycles. The van der Waals surface area contributed by atoms with Gasteiger partial charge in [0.1, 0.15) is 0 Å². The number of nitrogens with zero attached hydrogens (tertiary/aromatic N) is 2. The summed E-state index contributed by atoms with van der Waals surface area (Å²) in [7, 11) is 4.11. The molecular weight excluding hydrogens is 318 g/mol. The van der Waals surface area contributed by atoms with Crippen molar-refractivity contribution in [2.45, 2.75) is 13.3 Å². The van der Waals surface area contributed by atoms with Gasteiger partial charge in [-0.1, -0.05) is 43.3 Å². The van der Waals surface area contributed by atoms with Gasteiger partial charge >= 0.3 is 0 Å². The van der Waals surface area contributed by atoms with Gasteiger partial charge in [-0.25, -0.2) is 4.98 Å². The third kappa shape index (κ3) is 2.86. The second-order valence-electron chi connectivity index (χ2n) is 6.74. The molecule has 0 fully saturated rings. The van der Waals surface area contributed by atoms with Gasteiger partial charge in [0.15, 0.2) is 0 Å². The molecule has 130 valence electrons. The number of nitrogens with one attached hydrogen (secondary N) is 1. The highest BCUT2D eigenvalue weighted by Crippen LogP contribution is 2.34. The first-order valence-electron chi connectivity index (χ1n) is 9.02. The van der Waals surface area contributed by atoms with Crippen LogP contribution in [0.5, 0.6) is 0 Å². The van der Waals surface area contributed by atoms with E-state index in [0.29, 0.717) is 0 Å². The minimum absolute atomic E-state index is 0.972. The zero-order valence-corrected chi connectivity index (χ0v) is 15.5. The lowest BCUT2D eigenvalue weighted by atomic mass is 10.0. The molecule has 3 heteroatoms. The minimum Gasteiger partial charge on any atom is -0.378 e. The van der Waals surface area contributed by atoms with Gasteiger partial charge in [-0.3, -0.25) is 0 Å². The van der Waals surface area contributed by atoms with E-state index in [4.69, 9.17) is 4.98 Å². The van der Waals surface area contributed by atoms with Crippen LogP contribution >= 0.6 is 0 Å². The van der Waals surface area contributed by atoms with Crippen molar-refractivity contribution in [1.29, 1.82) is 0 Å². The molecule has 0 amide bonds. The largest absolute Gasteiger partial charge is 0.378 e. The van der Waals surface area contributed by atoms with E-state index in [1.165, 1.54) is 16.6 Å². The maximum atomic E-state index is 4.94. The van der Waals surface area contributed by atoms with Crippen molar-refractivity contribution in [3.05, 3.63) is 72.3 Å². The van der Waals surface area contributed by atoms with Crippen LogP contribution in [0, 0.1) is 0 Å². The third-order valence-electron chi connectivity index (χ3n) is 4.83. The molecule has 4 aromatic rings. The molecule has 4 rings (SSSR count). The summed E-state index contributed by atoms with van der Waals surface area (Å²) in [5, 5.41) is 5.96. The Bertz CT molecular complexity index is 1070. The molecule has 1 aromatic heterocycles. The van der Waals surface area contributed by atoms with Gasteiger partial charge in [-0.05, 0) is 42.3 Å². The summed E-state index contributed by atoms with van der Waals surface area (Å²) in [5.41, 5.74) is 6.77. The summed E-state index contributed by atoms with van der Waals surface area (Å²) in [4.78, 5) is 7.05. The van der Waals surface area contributed by atoms with Gasteiger partial charge in [0.25, 0.3) is 0 Å². The van der Waals surface area contributed by atoms with Crippen LogP contribution in [0.2, 0.25) is 0 Å². The van der Waals surface area contributed by atoms with Crippen LogP contribution in [-0.4, -0.2) is 19.1 Å². The van der Waals surface area contributed by atoms with E-state index < -0.39 is 0 Å². The fourth-order valence-corrected chi connectivity index (χ4v) is 3.38. The maximum Gasteiger partial charge on any atom is 0.0762 e. The van der Waals surface area contributed by atoms with Gasteiger partial charge in [0.05, 0.1) is 16.7 Å². The van der Waals surface area contributed by atoms with Crippen molar-refractivity contribution in [2.24, 2.45) is 0 Å². The Kier molecular flexibility index (Phi) is 4.21. The Balaban J connectivity index is 1.91. The van der Waals surface area contributed by atoms with Crippen molar-refractivity contribution >= 4 is 38.9 Å². The average molecular weight is 341 g/mol. The first-order chi connectivity index (χ1) is 12.7. The Morgan fingerprint density at radius 3 is 2.31 bits per heavy atom. The predicted molar refractivity (Wildman–Crippen MR) is 113 cm³/mol. The molecule has 0 saturated heterocycles. The lowest BCUT2D eigenvalue weighted by Gasteiger charge is -2.16. The van der Waals surface area contributed by atoms with E-state index in [1.807, 2.05) is 6.07 Å². The first kappa shape index (κ1) is 16.4. The number of rotatable bonds is 4. The molecule has 0 aliphatic carbocycles. The van der Waals surface area contributed by atoms with E-state index >= 15 is 0 Å². The molecule has 0 aliphatic rings. The van der Waals surface area contributed by atoms with Gasteiger partial charge in [-0.15, -0.1) is 0 Å². The van der Waals surface area contributed by atoms with Crippen LogP contribution in [0.3, 0.4) is 0 Å². The van der Waals surface area contributed by atoms with Gasteiger partial charge in [0, 0.05) is 36.2 Å². The molecule has 1 heterocycles. The number of hydrogen-bond donors (Lipinski definition) is 1. The second kappa shape index (κ2) is 6.68. The second-order valence-corrected chi connectivity index (χ2v) is 6.74. The molecule has 3 nitrogen and oxygen atoms in total. The summed E-state index contributed by atoms with van der Waals surface area (Å²) in [6.07, 6.45) is 0.972. The highest BCUT2D eigenvalue weighted by Gasteiger charge is 2.11. The number of anilines is 3. The molecule has 0 saturated carbocycles. The molecular formula is C23H23N3. The Hall–Kier alpha value is -3.07. The number of hydrogen-bond acceptors (Lipinski definition) is 3. The Labute approximate surface area is 154 Å².